The summed E-state index contributed by atoms with van der Waals surface area (Å²) in [5, 5.41) is 18.1. The van der Waals surface area contributed by atoms with E-state index in [1.165, 1.54) is 6.42 Å². The monoisotopic (exact) mass is 229 g/mol. The molecule has 1 unspecified atom stereocenters. The van der Waals surface area contributed by atoms with E-state index >= 15 is 0 Å². The van der Waals surface area contributed by atoms with Gasteiger partial charge in [-0.15, -0.1) is 0 Å². The molecule has 0 aromatic heterocycles. The number of aliphatic hydroxyl groups is 1. The Hall–Kier alpha value is -0.200. The fourth-order valence-electron chi connectivity index (χ4n) is 1.27. The fraction of sp³-hybridized carbons (Fsp3) is 0.917. The molecule has 0 amide bonds. The molecule has 0 fully saturated rings. The van der Waals surface area contributed by atoms with Crippen molar-refractivity contribution < 1.29 is 5.11 Å². The average Bonchev–Trinajstić information content (AvgIpc) is 2.17. The first kappa shape index (κ1) is 14.8. The minimum Gasteiger partial charge on any atom is -0.396 e. The molecule has 1 atom stereocenters. The zero-order valence-corrected chi connectivity index (χ0v) is 10.9. The second-order valence-corrected chi connectivity index (χ2v) is 6.19. The minimum atomic E-state index is -0.165. The Labute approximate surface area is 98.1 Å². The lowest BCUT2D eigenvalue weighted by atomic mass is 9.89. The molecular weight excluding hydrogens is 206 g/mol. The predicted molar refractivity (Wildman–Crippen MR) is 66.9 cm³/mol. The van der Waals surface area contributed by atoms with Crippen molar-refractivity contribution in [1.82, 2.24) is 0 Å². The Balaban J connectivity index is 3.37. The van der Waals surface area contributed by atoms with Crippen LogP contribution in [-0.2, 0) is 0 Å². The van der Waals surface area contributed by atoms with E-state index in [1.54, 1.807) is 0 Å². The van der Waals surface area contributed by atoms with Gasteiger partial charge < -0.3 is 5.11 Å². The van der Waals surface area contributed by atoms with Gasteiger partial charge in [-0.3, -0.25) is 0 Å². The van der Waals surface area contributed by atoms with Crippen LogP contribution in [0.3, 0.4) is 0 Å². The zero-order chi connectivity index (χ0) is 11.7. The highest BCUT2D eigenvalue weighted by Gasteiger charge is 2.15. The van der Waals surface area contributed by atoms with E-state index < -0.39 is 0 Å². The first-order chi connectivity index (χ1) is 7.02. The summed E-state index contributed by atoms with van der Waals surface area (Å²) in [5.74, 6) is 1.14. The van der Waals surface area contributed by atoms with Gasteiger partial charge in [0.25, 0.3) is 0 Å². The zero-order valence-electron chi connectivity index (χ0n) is 10.1. The molecule has 0 saturated carbocycles. The summed E-state index contributed by atoms with van der Waals surface area (Å²) in [5.41, 5.74) is -0.165. The van der Waals surface area contributed by atoms with Crippen LogP contribution in [0.25, 0.3) is 0 Å². The molecule has 0 heterocycles. The molecule has 0 spiro atoms. The second-order valence-electron chi connectivity index (χ2n) is 4.65. The maximum absolute atomic E-state index is 8.83. The van der Waals surface area contributed by atoms with Crippen LogP contribution < -0.4 is 0 Å². The third-order valence-electron chi connectivity index (χ3n) is 2.44. The van der Waals surface area contributed by atoms with E-state index in [0.29, 0.717) is 5.25 Å². The van der Waals surface area contributed by atoms with Crippen LogP contribution in [0.5, 0.6) is 0 Å². The van der Waals surface area contributed by atoms with Crippen LogP contribution in [0.2, 0.25) is 0 Å². The van der Waals surface area contributed by atoms with Gasteiger partial charge in [0.2, 0.25) is 0 Å². The molecule has 15 heavy (non-hydrogen) atoms. The quantitative estimate of drug-likeness (QED) is 0.650. The lowest BCUT2D eigenvalue weighted by Gasteiger charge is -2.14. The van der Waals surface area contributed by atoms with Gasteiger partial charge in [0.1, 0.15) is 0 Å². The number of rotatable bonds is 8. The van der Waals surface area contributed by atoms with Crippen LogP contribution in [0.4, 0.5) is 0 Å². The van der Waals surface area contributed by atoms with Crippen molar-refractivity contribution in [2.24, 2.45) is 5.41 Å². The van der Waals surface area contributed by atoms with Crippen molar-refractivity contribution >= 4 is 11.8 Å². The maximum atomic E-state index is 8.83. The Morgan fingerprint density at radius 3 is 2.60 bits per heavy atom. The number of hydrogen-bond donors (Lipinski definition) is 1. The van der Waals surface area contributed by atoms with Crippen molar-refractivity contribution in [3.63, 3.8) is 0 Å². The van der Waals surface area contributed by atoms with Gasteiger partial charge in [-0.05, 0) is 38.9 Å². The minimum absolute atomic E-state index is 0.165. The summed E-state index contributed by atoms with van der Waals surface area (Å²) < 4.78 is 0. The third-order valence-corrected chi connectivity index (χ3v) is 3.77. The van der Waals surface area contributed by atoms with Gasteiger partial charge in [0.05, 0.1) is 11.5 Å². The average molecular weight is 229 g/mol. The first-order valence-corrected chi connectivity index (χ1v) is 6.70. The number of unbranched alkanes of at least 4 members (excludes halogenated alkanes) is 1. The molecule has 3 heteroatoms. The summed E-state index contributed by atoms with van der Waals surface area (Å²) in [6.07, 6.45) is 4.16. The molecule has 0 aliphatic heterocycles. The van der Waals surface area contributed by atoms with Crippen molar-refractivity contribution in [2.75, 3.05) is 12.4 Å². The molecule has 0 radical (unpaired) electrons. The maximum Gasteiger partial charge on any atom is 0.0683 e. The summed E-state index contributed by atoms with van der Waals surface area (Å²) in [7, 11) is 0. The second kappa shape index (κ2) is 8.01. The van der Waals surface area contributed by atoms with Crippen molar-refractivity contribution in [1.29, 1.82) is 5.26 Å². The molecule has 0 aromatic rings. The highest BCUT2D eigenvalue weighted by molar-refractivity contribution is 7.99. The lowest BCUT2D eigenvalue weighted by molar-refractivity contribution is 0.289. The topological polar surface area (TPSA) is 44.0 Å². The molecule has 0 bridgehead atoms. The van der Waals surface area contributed by atoms with Crippen molar-refractivity contribution in [2.45, 2.75) is 51.7 Å². The predicted octanol–water partition coefficient (Wildman–Crippen LogP) is 3.21. The van der Waals surface area contributed by atoms with Crippen LogP contribution in [0.1, 0.15) is 46.5 Å². The Bertz CT molecular complexity index is 198. The number of thioether (sulfide) groups is 1. The number of hydrogen-bond acceptors (Lipinski definition) is 3. The van der Waals surface area contributed by atoms with E-state index in [2.05, 4.69) is 13.0 Å². The summed E-state index contributed by atoms with van der Waals surface area (Å²) >= 11 is 1.92. The number of nitriles is 1. The molecule has 0 aliphatic carbocycles. The van der Waals surface area contributed by atoms with Crippen molar-refractivity contribution in [3.8, 4) is 6.07 Å². The van der Waals surface area contributed by atoms with E-state index in [-0.39, 0.29) is 12.0 Å². The summed E-state index contributed by atoms with van der Waals surface area (Å²) in [4.78, 5) is 0. The Kier molecular flexibility index (Phi) is 7.90. The van der Waals surface area contributed by atoms with Crippen LogP contribution >= 0.6 is 11.8 Å². The lowest BCUT2D eigenvalue weighted by Crippen LogP contribution is -2.07. The van der Waals surface area contributed by atoms with Crippen LogP contribution in [0.15, 0.2) is 0 Å². The molecule has 1 N–H and O–H groups in total. The number of nitrogens with zero attached hydrogens (tertiary/aromatic N) is 1. The largest absolute Gasteiger partial charge is 0.396 e. The molecule has 0 rings (SSSR count). The third kappa shape index (κ3) is 8.77. The van der Waals surface area contributed by atoms with Gasteiger partial charge in [-0.25, -0.2) is 0 Å². The number of aliphatic hydroxyl groups excluding tert-OH is 1. The molecule has 88 valence electrons. The van der Waals surface area contributed by atoms with Gasteiger partial charge in [0, 0.05) is 11.9 Å². The molecular formula is C12H23NOS. The van der Waals surface area contributed by atoms with E-state index in [9.17, 15) is 0 Å². The molecule has 0 aromatic carbocycles. The summed E-state index contributed by atoms with van der Waals surface area (Å²) in [6, 6.07) is 2.32. The fourth-order valence-corrected chi connectivity index (χ4v) is 2.32. The van der Waals surface area contributed by atoms with Gasteiger partial charge >= 0.3 is 0 Å². The van der Waals surface area contributed by atoms with Crippen molar-refractivity contribution in [3.05, 3.63) is 0 Å². The van der Waals surface area contributed by atoms with E-state index in [1.807, 2.05) is 25.6 Å². The Morgan fingerprint density at radius 2 is 2.07 bits per heavy atom. The molecule has 0 saturated heterocycles. The normalized spacial score (nSPS) is 13.5. The molecule has 0 aliphatic rings. The standard InChI is InChI=1S/C12H23NOS/c1-11(6-8-14)15-9-5-4-7-12(2,3)10-13/h11,14H,4-9H2,1-3H3. The highest BCUT2D eigenvalue weighted by atomic mass is 32.2. The van der Waals surface area contributed by atoms with E-state index in [0.717, 1.165) is 25.0 Å². The van der Waals surface area contributed by atoms with Crippen LogP contribution in [0, 0.1) is 16.7 Å². The Morgan fingerprint density at radius 1 is 1.40 bits per heavy atom. The summed E-state index contributed by atoms with van der Waals surface area (Å²) in [6.45, 7) is 6.43. The smallest absolute Gasteiger partial charge is 0.0683 e. The van der Waals surface area contributed by atoms with Gasteiger partial charge in [-0.2, -0.15) is 17.0 Å². The SMILES string of the molecule is CC(CCO)SCCCCC(C)(C)C#N. The highest BCUT2D eigenvalue weighted by Crippen LogP contribution is 2.23. The van der Waals surface area contributed by atoms with E-state index in [4.69, 9.17) is 10.4 Å². The van der Waals surface area contributed by atoms with Gasteiger partial charge in [0.15, 0.2) is 0 Å². The van der Waals surface area contributed by atoms with Crippen LogP contribution in [-0.4, -0.2) is 22.7 Å². The first-order valence-electron chi connectivity index (χ1n) is 5.65. The van der Waals surface area contributed by atoms with Gasteiger partial charge in [-0.1, -0.05) is 13.3 Å². The molecule has 2 nitrogen and oxygen atoms in total.